The summed E-state index contributed by atoms with van der Waals surface area (Å²) >= 11 is 0. The van der Waals surface area contributed by atoms with Crippen molar-refractivity contribution >= 4 is 34.2 Å². The minimum atomic E-state index is 1.13. The zero-order valence-electron chi connectivity index (χ0n) is 27.1. The molecule has 0 bridgehead atoms. The van der Waals surface area contributed by atoms with Crippen LogP contribution in [-0.2, 0) is 0 Å². The number of rotatable bonds is 8. The van der Waals surface area contributed by atoms with Gasteiger partial charge in [0.1, 0.15) is 0 Å². The van der Waals surface area contributed by atoms with Gasteiger partial charge in [0.15, 0.2) is 0 Å². The molecular weight excluding hydrogens is 591 g/mol. The maximum Gasteiger partial charge on any atom is 0.0544 e. The molecule has 1 nitrogen and oxygen atoms in total. The molecular formula is C48H35N. The summed E-state index contributed by atoms with van der Waals surface area (Å²) in [6.45, 7) is 0. The van der Waals surface area contributed by atoms with E-state index in [1.54, 1.807) is 0 Å². The van der Waals surface area contributed by atoms with E-state index in [0.29, 0.717) is 0 Å². The van der Waals surface area contributed by atoms with Gasteiger partial charge in [0.25, 0.3) is 0 Å². The SMILES string of the molecule is C(=C(c1ccccc1)c1ccccc1)c1ccc(-c2[nH]c3ccccc3c2-c2ccc(C=C(c3ccccc3)c3ccccc3)cc2)cc1. The van der Waals surface area contributed by atoms with Crippen LogP contribution in [0.2, 0.25) is 0 Å². The molecule has 0 saturated heterocycles. The van der Waals surface area contributed by atoms with E-state index in [-0.39, 0.29) is 0 Å². The first-order valence-corrected chi connectivity index (χ1v) is 16.8. The molecule has 8 aromatic rings. The van der Waals surface area contributed by atoms with Crippen LogP contribution in [0.3, 0.4) is 0 Å². The second-order valence-electron chi connectivity index (χ2n) is 12.2. The summed E-state index contributed by atoms with van der Waals surface area (Å²) in [4.78, 5) is 3.75. The van der Waals surface area contributed by atoms with Crippen molar-refractivity contribution in [2.75, 3.05) is 0 Å². The lowest BCUT2D eigenvalue weighted by Crippen LogP contribution is -1.89. The Balaban J connectivity index is 1.17. The van der Waals surface area contributed by atoms with Crippen LogP contribution in [0.1, 0.15) is 33.4 Å². The number of aromatic amines is 1. The van der Waals surface area contributed by atoms with E-state index < -0.39 is 0 Å². The van der Waals surface area contributed by atoms with Gasteiger partial charge in [0.2, 0.25) is 0 Å². The fraction of sp³-hybridized carbons (Fsp3) is 0. The summed E-state index contributed by atoms with van der Waals surface area (Å²) in [5.41, 5.74) is 15.4. The van der Waals surface area contributed by atoms with Gasteiger partial charge in [-0.3, -0.25) is 0 Å². The molecule has 1 heteroatoms. The van der Waals surface area contributed by atoms with Gasteiger partial charge in [-0.25, -0.2) is 0 Å². The van der Waals surface area contributed by atoms with Crippen LogP contribution in [0.5, 0.6) is 0 Å². The van der Waals surface area contributed by atoms with Crippen LogP contribution in [-0.4, -0.2) is 4.98 Å². The summed E-state index contributed by atoms with van der Waals surface area (Å²) in [5, 5.41) is 1.22. The highest BCUT2D eigenvalue weighted by Crippen LogP contribution is 2.39. The Morgan fingerprint density at radius 1 is 0.347 bits per heavy atom. The van der Waals surface area contributed by atoms with Crippen molar-refractivity contribution in [3.05, 3.63) is 228 Å². The van der Waals surface area contributed by atoms with E-state index in [9.17, 15) is 0 Å². The first-order valence-electron chi connectivity index (χ1n) is 16.8. The number of H-pyrrole nitrogens is 1. The Morgan fingerprint density at radius 3 is 1.14 bits per heavy atom. The molecule has 8 rings (SSSR count). The molecule has 0 saturated carbocycles. The van der Waals surface area contributed by atoms with Crippen LogP contribution >= 0.6 is 0 Å². The standard InChI is InChI=1S/C48H35N/c1-5-15-37(16-6-1)44(38-17-7-2-8-18-38)33-35-25-29-41(30-26-35)47-43-23-13-14-24-46(43)49-48(47)42-31-27-36(28-32-42)34-45(39-19-9-3-10-20-39)40-21-11-4-12-22-40/h1-34,49H. The highest BCUT2D eigenvalue weighted by Gasteiger charge is 2.15. The molecule has 0 aliphatic heterocycles. The normalized spacial score (nSPS) is 10.9. The number of para-hydroxylation sites is 1. The lowest BCUT2D eigenvalue weighted by molar-refractivity contribution is 1.45. The molecule has 0 fully saturated rings. The second-order valence-corrected chi connectivity index (χ2v) is 12.2. The quantitative estimate of drug-likeness (QED) is 0.162. The van der Waals surface area contributed by atoms with Crippen molar-refractivity contribution in [3.8, 4) is 22.4 Å². The predicted octanol–water partition coefficient (Wildman–Crippen LogP) is 12.7. The number of hydrogen-bond donors (Lipinski definition) is 1. The van der Waals surface area contributed by atoms with Crippen molar-refractivity contribution in [2.45, 2.75) is 0 Å². The van der Waals surface area contributed by atoms with Crippen molar-refractivity contribution < 1.29 is 0 Å². The van der Waals surface area contributed by atoms with E-state index in [4.69, 9.17) is 0 Å². The van der Waals surface area contributed by atoms with Gasteiger partial charge in [0, 0.05) is 16.5 Å². The Morgan fingerprint density at radius 2 is 0.714 bits per heavy atom. The minimum Gasteiger partial charge on any atom is -0.354 e. The molecule has 0 aliphatic rings. The average molecular weight is 626 g/mol. The molecule has 1 heterocycles. The van der Waals surface area contributed by atoms with Crippen LogP contribution in [0.4, 0.5) is 0 Å². The Labute approximate surface area is 288 Å². The van der Waals surface area contributed by atoms with E-state index in [2.05, 4.69) is 211 Å². The molecule has 0 spiro atoms. The Bertz CT molecular complexity index is 2280. The highest BCUT2D eigenvalue weighted by molar-refractivity contribution is 6.04. The van der Waals surface area contributed by atoms with Crippen LogP contribution < -0.4 is 0 Å². The number of nitrogens with one attached hydrogen (secondary N) is 1. The third-order valence-corrected chi connectivity index (χ3v) is 9.07. The van der Waals surface area contributed by atoms with Gasteiger partial charge in [-0.1, -0.05) is 188 Å². The Hall–Kier alpha value is -6.44. The lowest BCUT2D eigenvalue weighted by atomic mass is 9.93. The molecule has 1 aromatic heterocycles. The Kier molecular flexibility index (Phi) is 8.39. The van der Waals surface area contributed by atoms with Crippen LogP contribution in [0, 0.1) is 0 Å². The predicted molar refractivity (Wildman–Crippen MR) is 209 cm³/mol. The minimum absolute atomic E-state index is 1.13. The molecule has 0 atom stereocenters. The summed E-state index contributed by atoms with van der Waals surface area (Å²) in [6, 6.07) is 68.9. The molecule has 7 aromatic carbocycles. The zero-order chi connectivity index (χ0) is 32.8. The lowest BCUT2D eigenvalue weighted by Gasteiger charge is -2.11. The zero-order valence-corrected chi connectivity index (χ0v) is 27.1. The van der Waals surface area contributed by atoms with Gasteiger partial charge in [-0.2, -0.15) is 0 Å². The maximum atomic E-state index is 3.75. The fourth-order valence-corrected chi connectivity index (χ4v) is 6.62. The van der Waals surface area contributed by atoms with E-state index in [1.165, 1.54) is 49.9 Å². The third-order valence-electron chi connectivity index (χ3n) is 9.07. The maximum absolute atomic E-state index is 3.75. The molecule has 0 radical (unpaired) electrons. The van der Waals surface area contributed by atoms with Gasteiger partial charge in [-0.15, -0.1) is 0 Å². The number of benzene rings is 7. The summed E-state index contributed by atoms with van der Waals surface area (Å²) in [5.74, 6) is 0. The summed E-state index contributed by atoms with van der Waals surface area (Å²) in [7, 11) is 0. The van der Waals surface area contributed by atoms with Crippen LogP contribution in [0.25, 0.3) is 56.6 Å². The molecule has 232 valence electrons. The smallest absolute Gasteiger partial charge is 0.0544 e. The van der Waals surface area contributed by atoms with Crippen molar-refractivity contribution in [2.24, 2.45) is 0 Å². The van der Waals surface area contributed by atoms with Gasteiger partial charge in [0.05, 0.1) is 5.69 Å². The molecule has 0 aliphatic carbocycles. The topological polar surface area (TPSA) is 15.8 Å². The third kappa shape index (κ3) is 6.43. The molecule has 0 amide bonds. The van der Waals surface area contributed by atoms with Crippen LogP contribution in [0.15, 0.2) is 194 Å². The first kappa shape index (κ1) is 29.9. The first-order chi connectivity index (χ1) is 24.3. The largest absolute Gasteiger partial charge is 0.354 e. The fourth-order valence-electron chi connectivity index (χ4n) is 6.62. The number of aromatic nitrogens is 1. The van der Waals surface area contributed by atoms with Gasteiger partial charge in [-0.05, 0) is 73.9 Å². The summed E-state index contributed by atoms with van der Waals surface area (Å²) < 4.78 is 0. The van der Waals surface area contributed by atoms with Gasteiger partial charge < -0.3 is 4.98 Å². The molecule has 0 unspecified atom stereocenters. The second kappa shape index (κ2) is 13.7. The summed E-state index contributed by atoms with van der Waals surface area (Å²) in [6.07, 6.45) is 4.57. The molecule has 49 heavy (non-hydrogen) atoms. The van der Waals surface area contributed by atoms with E-state index in [1.807, 2.05) is 0 Å². The number of hydrogen-bond acceptors (Lipinski definition) is 0. The average Bonchev–Trinajstić information content (AvgIpc) is 3.57. The van der Waals surface area contributed by atoms with E-state index in [0.717, 1.165) is 27.9 Å². The van der Waals surface area contributed by atoms with Crippen molar-refractivity contribution in [1.82, 2.24) is 4.98 Å². The van der Waals surface area contributed by atoms with Crippen molar-refractivity contribution in [3.63, 3.8) is 0 Å². The monoisotopic (exact) mass is 625 g/mol. The van der Waals surface area contributed by atoms with Crippen molar-refractivity contribution in [1.29, 1.82) is 0 Å². The molecule has 1 N–H and O–H groups in total. The number of fused-ring (bicyclic) bond motifs is 1. The van der Waals surface area contributed by atoms with Gasteiger partial charge >= 0.3 is 0 Å². The highest BCUT2D eigenvalue weighted by atomic mass is 14.7. The van der Waals surface area contributed by atoms with E-state index >= 15 is 0 Å².